The lowest BCUT2D eigenvalue weighted by atomic mass is 9.93. The largest absolute Gasteiger partial charge is 0.252 e. The molecule has 0 amide bonds. The zero-order chi connectivity index (χ0) is 18.8. The topological polar surface area (TPSA) is 12.9 Å². The van der Waals surface area contributed by atoms with Crippen LogP contribution in [0.4, 0.5) is 0 Å². The maximum absolute atomic E-state index is 7.98. The van der Waals surface area contributed by atoms with Crippen LogP contribution in [0.3, 0.4) is 0 Å². The van der Waals surface area contributed by atoms with E-state index in [9.17, 15) is 0 Å². The SMILES string of the molecule is [2H]C([2H])(Cl)c1c(C)cc(-c2c(CC)cccc2CC)nc1CC(C)Cl. The molecule has 0 bridgehead atoms. The molecule has 124 valence electrons. The minimum absolute atomic E-state index is 0.146. The number of halogens is 2. The fraction of sp³-hybridized carbons (Fsp3) is 0.450. The number of alkyl halides is 2. The molecule has 0 saturated heterocycles. The molecule has 1 aromatic heterocycles. The number of pyridine rings is 1. The van der Waals surface area contributed by atoms with Crippen LogP contribution in [0, 0.1) is 6.92 Å². The van der Waals surface area contributed by atoms with Crippen molar-refractivity contribution in [1.82, 2.24) is 4.98 Å². The normalized spacial score (nSPS) is 14.3. The van der Waals surface area contributed by atoms with Crippen molar-refractivity contribution in [2.75, 3.05) is 0 Å². The lowest BCUT2D eigenvalue weighted by molar-refractivity contribution is 0.873. The highest BCUT2D eigenvalue weighted by molar-refractivity contribution is 6.20. The second-order valence-electron chi connectivity index (χ2n) is 5.88. The molecular weight excluding hydrogens is 325 g/mol. The summed E-state index contributed by atoms with van der Waals surface area (Å²) in [6, 6.07) is 8.29. The van der Waals surface area contributed by atoms with Gasteiger partial charge in [0.2, 0.25) is 0 Å². The number of rotatable bonds is 6. The molecule has 1 aromatic carbocycles. The minimum Gasteiger partial charge on any atom is -0.252 e. The molecule has 1 unspecified atom stereocenters. The molecule has 0 aliphatic rings. The third-order valence-electron chi connectivity index (χ3n) is 4.12. The molecule has 1 nitrogen and oxygen atoms in total. The first-order valence-corrected chi connectivity index (χ1v) is 8.95. The molecule has 0 saturated carbocycles. The van der Waals surface area contributed by atoms with Crippen molar-refractivity contribution in [3.8, 4) is 11.3 Å². The summed E-state index contributed by atoms with van der Waals surface area (Å²) in [5.74, 6) is -1.96. The molecule has 0 aliphatic carbocycles. The van der Waals surface area contributed by atoms with Gasteiger partial charge in [0.15, 0.2) is 0 Å². The lowest BCUT2D eigenvalue weighted by Crippen LogP contribution is -2.08. The summed E-state index contributed by atoms with van der Waals surface area (Å²) in [4.78, 5) is 4.82. The summed E-state index contributed by atoms with van der Waals surface area (Å²) >= 11 is 12.2. The zero-order valence-electron chi connectivity index (χ0n) is 16.2. The second kappa shape index (κ2) is 8.17. The van der Waals surface area contributed by atoms with E-state index < -0.39 is 5.83 Å². The molecule has 0 aliphatic heterocycles. The van der Waals surface area contributed by atoms with E-state index in [2.05, 4.69) is 32.0 Å². The fourth-order valence-corrected chi connectivity index (χ4v) is 3.39. The average Bonchev–Trinajstić information content (AvgIpc) is 2.51. The molecular formula is C20H25Cl2N. The van der Waals surface area contributed by atoms with Crippen LogP contribution in [0.15, 0.2) is 24.3 Å². The summed E-state index contributed by atoms with van der Waals surface area (Å²) in [5.41, 5.74) is 6.42. The monoisotopic (exact) mass is 351 g/mol. The van der Waals surface area contributed by atoms with Crippen molar-refractivity contribution in [3.63, 3.8) is 0 Å². The molecule has 0 radical (unpaired) electrons. The summed E-state index contributed by atoms with van der Waals surface area (Å²) < 4.78 is 16.0. The number of nitrogens with zero attached hydrogens (tertiary/aromatic N) is 1. The van der Waals surface area contributed by atoms with E-state index in [0.29, 0.717) is 17.7 Å². The van der Waals surface area contributed by atoms with Crippen LogP contribution in [0.25, 0.3) is 11.3 Å². The van der Waals surface area contributed by atoms with Gasteiger partial charge in [0, 0.05) is 31.6 Å². The van der Waals surface area contributed by atoms with Gasteiger partial charge in [-0.05, 0) is 55.0 Å². The van der Waals surface area contributed by atoms with Crippen LogP contribution >= 0.6 is 23.2 Å². The quantitative estimate of drug-likeness (QED) is 0.573. The van der Waals surface area contributed by atoms with Gasteiger partial charge in [0.25, 0.3) is 0 Å². The Morgan fingerprint density at radius 1 is 1.22 bits per heavy atom. The maximum atomic E-state index is 7.98. The van der Waals surface area contributed by atoms with Gasteiger partial charge in [-0.1, -0.05) is 32.0 Å². The summed E-state index contributed by atoms with van der Waals surface area (Å²) in [7, 11) is 0. The first-order valence-electron chi connectivity index (χ1n) is 9.14. The third-order valence-corrected chi connectivity index (χ3v) is 4.46. The number of hydrogen-bond donors (Lipinski definition) is 0. The van der Waals surface area contributed by atoms with Crippen LogP contribution in [0.1, 0.15) is 51.5 Å². The van der Waals surface area contributed by atoms with Gasteiger partial charge >= 0.3 is 0 Å². The van der Waals surface area contributed by atoms with Crippen molar-refractivity contribution in [3.05, 3.63) is 52.2 Å². The van der Waals surface area contributed by atoms with Crippen LogP contribution < -0.4 is 0 Å². The molecule has 1 heterocycles. The minimum atomic E-state index is -1.96. The Kier molecular flexibility index (Phi) is 5.50. The number of benzene rings is 1. The molecule has 3 heteroatoms. The molecule has 2 aromatic rings. The van der Waals surface area contributed by atoms with E-state index in [4.69, 9.17) is 30.9 Å². The van der Waals surface area contributed by atoms with Gasteiger partial charge in [0.1, 0.15) is 0 Å². The Morgan fingerprint density at radius 3 is 2.30 bits per heavy atom. The smallest absolute Gasteiger partial charge is 0.0713 e. The van der Waals surface area contributed by atoms with E-state index in [1.54, 1.807) is 0 Å². The van der Waals surface area contributed by atoms with Crippen LogP contribution in [-0.2, 0) is 25.1 Å². The molecule has 0 spiro atoms. The summed E-state index contributed by atoms with van der Waals surface area (Å²) in [6.45, 7) is 8.05. The van der Waals surface area contributed by atoms with E-state index in [1.807, 2.05) is 19.9 Å². The third kappa shape index (κ3) is 4.08. The Labute approximate surface area is 152 Å². The van der Waals surface area contributed by atoms with Crippen molar-refractivity contribution < 1.29 is 2.74 Å². The molecule has 0 N–H and O–H groups in total. The Hall–Kier alpha value is -1.05. The number of hydrogen-bond acceptors (Lipinski definition) is 1. The van der Waals surface area contributed by atoms with Crippen molar-refractivity contribution in [2.45, 2.75) is 58.2 Å². The summed E-state index contributed by atoms with van der Waals surface area (Å²) in [6.07, 6.45) is 2.32. The Morgan fingerprint density at radius 2 is 1.83 bits per heavy atom. The lowest BCUT2D eigenvalue weighted by Gasteiger charge is -2.17. The number of aryl methyl sites for hydroxylation is 3. The molecule has 2 rings (SSSR count). The van der Waals surface area contributed by atoms with E-state index in [-0.39, 0.29) is 5.38 Å². The van der Waals surface area contributed by atoms with Gasteiger partial charge in [0.05, 0.1) is 5.69 Å². The van der Waals surface area contributed by atoms with Crippen LogP contribution in [0.5, 0.6) is 0 Å². The highest BCUT2D eigenvalue weighted by Gasteiger charge is 2.16. The average molecular weight is 352 g/mol. The Balaban J connectivity index is 2.75. The van der Waals surface area contributed by atoms with Crippen LogP contribution in [0.2, 0.25) is 0 Å². The van der Waals surface area contributed by atoms with Crippen molar-refractivity contribution in [2.24, 2.45) is 0 Å². The van der Waals surface area contributed by atoms with Gasteiger partial charge in [-0.25, -0.2) is 0 Å². The highest BCUT2D eigenvalue weighted by Crippen LogP contribution is 2.31. The Bertz CT molecular complexity index is 730. The zero-order valence-corrected chi connectivity index (χ0v) is 15.7. The highest BCUT2D eigenvalue weighted by atomic mass is 35.5. The summed E-state index contributed by atoms with van der Waals surface area (Å²) in [5, 5.41) is -0.146. The van der Waals surface area contributed by atoms with Gasteiger partial charge in [-0.3, -0.25) is 4.98 Å². The predicted octanol–water partition coefficient (Wildman–Crippen LogP) is 6.09. The van der Waals surface area contributed by atoms with E-state index in [0.717, 1.165) is 29.7 Å². The van der Waals surface area contributed by atoms with Crippen molar-refractivity contribution >= 4 is 23.2 Å². The standard InChI is InChI=1S/C20H25Cl2N/c1-5-15-8-7-9-16(6-2)20(15)19-10-13(3)17(12-21)18(23-19)11-14(4)22/h7-10,14H,5-6,11-12H2,1-4H3/i12D2. The van der Waals surface area contributed by atoms with Gasteiger partial charge in [-0.2, -0.15) is 0 Å². The molecule has 23 heavy (non-hydrogen) atoms. The number of aromatic nitrogens is 1. The molecule has 0 fully saturated rings. The van der Waals surface area contributed by atoms with Gasteiger partial charge < -0.3 is 0 Å². The molecule has 1 atom stereocenters. The van der Waals surface area contributed by atoms with E-state index in [1.165, 1.54) is 11.1 Å². The second-order valence-corrected chi connectivity index (χ2v) is 6.82. The first-order chi connectivity index (χ1) is 11.7. The maximum Gasteiger partial charge on any atom is 0.0713 e. The van der Waals surface area contributed by atoms with Crippen LogP contribution in [-0.4, -0.2) is 10.4 Å². The van der Waals surface area contributed by atoms with Crippen molar-refractivity contribution in [1.29, 1.82) is 0 Å². The fourth-order valence-electron chi connectivity index (χ4n) is 2.98. The van der Waals surface area contributed by atoms with Gasteiger partial charge in [-0.15, -0.1) is 23.2 Å². The first kappa shape index (κ1) is 15.5. The predicted molar refractivity (Wildman–Crippen MR) is 102 cm³/mol. The van der Waals surface area contributed by atoms with E-state index >= 15 is 0 Å².